The van der Waals surface area contributed by atoms with E-state index in [1.54, 1.807) is 7.11 Å². The lowest BCUT2D eigenvalue weighted by Crippen LogP contribution is -2.29. The summed E-state index contributed by atoms with van der Waals surface area (Å²) in [5, 5.41) is 3.69. The van der Waals surface area contributed by atoms with E-state index in [0.717, 1.165) is 17.9 Å². The number of fused-ring (bicyclic) bond motifs is 3. The minimum absolute atomic E-state index is 0.214. The molecule has 1 heterocycles. The molecule has 1 aliphatic carbocycles. The zero-order valence-electron chi connectivity index (χ0n) is 15.1. The Hall–Kier alpha value is -2.75. The highest BCUT2D eigenvalue weighted by Gasteiger charge is 2.38. The van der Waals surface area contributed by atoms with Gasteiger partial charge >= 0.3 is 5.97 Å². The monoisotopic (exact) mass is 349 g/mol. The summed E-state index contributed by atoms with van der Waals surface area (Å²) < 4.78 is 10.6. The van der Waals surface area contributed by atoms with Crippen LogP contribution < -0.4 is 10.1 Å². The van der Waals surface area contributed by atoms with Crippen LogP contribution in [0.2, 0.25) is 0 Å². The molecule has 1 aliphatic heterocycles. The molecular formula is C22H23NO3. The molecule has 2 aliphatic rings. The second-order valence-electron chi connectivity index (χ2n) is 6.77. The quantitative estimate of drug-likeness (QED) is 0.642. The fourth-order valence-corrected chi connectivity index (χ4v) is 4.10. The number of nitrogens with one attached hydrogen (secondary N) is 1. The van der Waals surface area contributed by atoms with Crippen LogP contribution in [-0.4, -0.2) is 19.7 Å². The maximum atomic E-state index is 12.1. The Morgan fingerprint density at radius 2 is 2.12 bits per heavy atom. The molecule has 1 N–H and O–H groups in total. The number of hydrogen-bond acceptors (Lipinski definition) is 4. The first kappa shape index (κ1) is 16.7. The van der Waals surface area contributed by atoms with Crippen molar-refractivity contribution in [1.29, 1.82) is 0 Å². The van der Waals surface area contributed by atoms with Crippen molar-refractivity contribution >= 4 is 11.7 Å². The molecule has 2 aromatic rings. The molecule has 0 saturated carbocycles. The Kier molecular flexibility index (Phi) is 4.41. The Morgan fingerprint density at radius 1 is 1.23 bits per heavy atom. The summed E-state index contributed by atoms with van der Waals surface area (Å²) in [5.41, 5.74) is 4.10. The number of benzene rings is 2. The summed E-state index contributed by atoms with van der Waals surface area (Å²) in [4.78, 5) is 12.1. The number of anilines is 1. The van der Waals surface area contributed by atoms with Gasteiger partial charge in [0.2, 0.25) is 0 Å². The summed E-state index contributed by atoms with van der Waals surface area (Å²) in [5.74, 6) is 1.34. The van der Waals surface area contributed by atoms with Crippen molar-refractivity contribution < 1.29 is 14.3 Å². The number of carbonyl (C=O) groups excluding carboxylic acids is 1. The molecule has 4 nitrogen and oxygen atoms in total. The molecule has 134 valence electrons. The molecule has 0 saturated heterocycles. The molecule has 0 spiro atoms. The van der Waals surface area contributed by atoms with Crippen LogP contribution in [0.1, 0.15) is 46.8 Å². The number of esters is 1. The van der Waals surface area contributed by atoms with Crippen molar-refractivity contribution in [2.24, 2.45) is 5.92 Å². The van der Waals surface area contributed by atoms with Crippen LogP contribution in [-0.2, 0) is 4.74 Å². The van der Waals surface area contributed by atoms with E-state index in [2.05, 4.69) is 29.6 Å². The van der Waals surface area contributed by atoms with E-state index in [9.17, 15) is 4.79 Å². The lowest BCUT2D eigenvalue weighted by molar-refractivity contribution is 0.0526. The molecule has 0 unspecified atom stereocenters. The van der Waals surface area contributed by atoms with Gasteiger partial charge in [-0.3, -0.25) is 0 Å². The zero-order chi connectivity index (χ0) is 18.1. The largest absolute Gasteiger partial charge is 0.497 e. The van der Waals surface area contributed by atoms with Crippen molar-refractivity contribution in [2.75, 3.05) is 19.0 Å². The third-order valence-corrected chi connectivity index (χ3v) is 5.33. The average molecular weight is 349 g/mol. The molecule has 0 aromatic heterocycles. The summed E-state index contributed by atoms with van der Waals surface area (Å²) in [6.45, 7) is 2.21. The third-order valence-electron chi connectivity index (χ3n) is 5.33. The molecule has 0 amide bonds. The molecular weight excluding hydrogens is 326 g/mol. The van der Waals surface area contributed by atoms with Crippen LogP contribution in [0.5, 0.6) is 5.75 Å². The Morgan fingerprint density at radius 3 is 2.92 bits per heavy atom. The number of allylic oxidation sites excluding steroid dienone is 2. The van der Waals surface area contributed by atoms with Crippen LogP contribution in [0.25, 0.3) is 0 Å². The Balaban J connectivity index is 1.71. The van der Waals surface area contributed by atoms with Gasteiger partial charge in [0.15, 0.2) is 0 Å². The number of rotatable bonds is 4. The van der Waals surface area contributed by atoms with Gasteiger partial charge in [-0.2, -0.15) is 0 Å². The summed E-state index contributed by atoms with van der Waals surface area (Å²) in [7, 11) is 1.69. The number of methoxy groups -OCH3 is 1. The SMILES string of the molecule is CCOC(=O)c1ccc2c(c1)[C@H]1C=CC[C@@H]1[C@H](c1cccc(OC)c1)N2. The molecule has 0 bridgehead atoms. The summed E-state index contributed by atoms with van der Waals surface area (Å²) in [6, 6.07) is 14.3. The molecule has 2 aromatic carbocycles. The second-order valence-corrected chi connectivity index (χ2v) is 6.77. The molecule has 0 fully saturated rings. The van der Waals surface area contributed by atoms with Gasteiger partial charge in [-0.25, -0.2) is 4.79 Å². The highest BCUT2D eigenvalue weighted by molar-refractivity contribution is 5.90. The molecule has 4 heteroatoms. The maximum absolute atomic E-state index is 12.1. The van der Waals surface area contributed by atoms with Gasteiger partial charge in [0.1, 0.15) is 5.75 Å². The smallest absolute Gasteiger partial charge is 0.338 e. The number of ether oxygens (including phenoxy) is 2. The lowest BCUT2D eigenvalue weighted by atomic mass is 9.76. The molecule has 4 rings (SSSR count). The lowest BCUT2D eigenvalue weighted by Gasteiger charge is -2.37. The molecule has 26 heavy (non-hydrogen) atoms. The van der Waals surface area contributed by atoms with Crippen molar-refractivity contribution in [3.8, 4) is 5.75 Å². The Bertz CT molecular complexity index is 858. The van der Waals surface area contributed by atoms with Crippen LogP contribution >= 0.6 is 0 Å². The summed E-state index contributed by atoms with van der Waals surface area (Å²) in [6.07, 6.45) is 5.53. The highest BCUT2D eigenvalue weighted by Crippen LogP contribution is 2.50. The van der Waals surface area contributed by atoms with Gasteiger partial charge in [0.25, 0.3) is 0 Å². The van der Waals surface area contributed by atoms with E-state index in [1.165, 1.54) is 11.1 Å². The first-order chi connectivity index (χ1) is 12.7. The van der Waals surface area contributed by atoms with Crippen LogP contribution in [0.15, 0.2) is 54.6 Å². The normalized spacial score (nSPS) is 22.9. The van der Waals surface area contributed by atoms with Crippen LogP contribution in [0.4, 0.5) is 5.69 Å². The van der Waals surface area contributed by atoms with Gasteiger partial charge in [-0.05, 0) is 60.7 Å². The van der Waals surface area contributed by atoms with E-state index < -0.39 is 0 Å². The minimum Gasteiger partial charge on any atom is -0.497 e. The predicted molar refractivity (Wildman–Crippen MR) is 102 cm³/mol. The number of hydrogen-bond donors (Lipinski definition) is 1. The van der Waals surface area contributed by atoms with Gasteiger partial charge in [0.05, 0.1) is 25.3 Å². The molecule has 3 atom stereocenters. The van der Waals surface area contributed by atoms with Gasteiger partial charge in [0, 0.05) is 11.6 Å². The average Bonchev–Trinajstić information content (AvgIpc) is 3.17. The van der Waals surface area contributed by atoms with Crippen LogP contribution in [0.3, 0.4) is 0 Å². The highest BCUT2D eigenvalue weighted by atomic mass is 16.5. The van der Waals surface area contributed by atoms with Crippen molar-refractivity contribution in [3.05, 3.63) is 71.3 Å². The second kappa shape index (κ2) is 6.87. The van der Waals surface area contributed by atoms with Crippen molar-refractivity contribution in [1.82, 2.24) is 0 Å². The third kappa shape index (κ3) is 2.85. The minimum atomic E-state index is -0.260. The topological polar surface area (TPSA) is 47.6 Å². The Labute approximate surface area is 153 Å². The van der Waals surface area contributed by atoms with E-state index in [4.69, 9.17) is 9.47 Å². The first-order valence-electron chi connectivity index (χ1n) is 9.09. The maximum Gasteiger partial charge on any atom is 0.338 e. The van der Waals surface area contributed by atoms with E-state index in [-0.39, 0.29) is 12.0 Å². The fraction of sp³-hybridized carbons (Fsp3) is 0.318. The van der Waals surface area contributed by atoms with Crippen molar-refractivity contribution in [2.45, 2.75) is 25.3 Å². The van der Waals surface area contributed by atoms with Crippen LogP contribution in [0, 0.1) is 5.92 Å². The summed E-state index contributed by atoms with van der Waals surface area (Å²) >= 11 is 0. The van der Waals surface area contributed by atoms with Gasteiger partial charge < -0.3 is 14.8 Å². The van der Waals surface area contributed by atoms with Crippen molar-refractivity contribution in [3.63, 3.8) is 0 Å². The van der Waals surface area contributed by atoms with E-state index in [1.807, 2.05) is 37.3 Å². The zero-order valence-corrected chi connectivity index (χ0v) is 15.1. The first-order valence-corrected chi connectivity index (χ1v) is 9.09. The standard InChI is InChI=1S/C22H23NO3/c1-3-26-22(24)15-10-11-20-19(13-15)17-8-5-9-18(17)21(23-20)14-6-4-7-16(12-14)25-2/h4-8,10-13,17-18,21,23H,3,9H2,1-2H3/t17-,18-,21-/m0/s1. The van der Waals surface area contributed by atoms with E-state index >= 15 is 0 Å². The fourth-order valence-electron chi connectivity index (χ4n) is 4.10. The number of carbonyl (C=O) groups is 1. The predicted octanol–water partition coefficient (Wildman–Crippen LogP) is 4.70. The van der Waals surface area contributed by atoms with Gasteiger partial charge in [-0.15, -0.1) is 0 Å². The van der Waals surface area contributed by atoms with Gasteiger partial charge in [-0.1, -0.05) is 24.3 Å². The van der Waals surface area contributed by atoms with E-state index in [0.29, 0.717) is 24.0 Å². The molecule has 0 radical (unpaired) electrons.